The highest BCUT2D eigenvalue weighted by Gasteiger charge is 2.61. The van der Waals surface area contributed by atoms with E-state index in [-0.39, 0.29) is 31.4 Å². The minimum atomic E-state index is -3.60. The molecule has 2 aliphatic rings. The maximum atomic E-state index is 13.6. The van der Waals surface area contributed by atoms with Crippen LogP contribution in [0.3, 0.4) is 0 Å². The molecule has 0 unspecified atom stereocenters. The van der Waals surface area contributed by atoms with Crippen molar-refractivity contribution in [2.45, 2.75) is 56.5 Å². The molecule has 1 aromatic rings. The summed E-state index contributed by atoms with van der Waals surface area (Å²) in [6.45, 7) is 11.7. The van der Waals surface area contributed by atoms with E-state index in [1.165, 1.54) is 4.68 Å². The van der Waals surface area contributed by atoms with E-state index < -0.39 is 25.3 Å². The molecule has 32 heavy (non-hydrogen) atoms. The van der Waals surface area contributed by atoms with E-state index in [1.807, 2.05) is 6.92 Å². The van der Waals surface area contributed by atoms with E-state index in [0.29, 0.717) is 43.7 Å². The van der Waals surface area contributed by atoms with Gasteiger partial charge in [0.25, 0.3) is 5.91 Å². The smallest absolute Gasteiger partial charge is 0.359 e. The molecule has 1 aliphatic heterocycles. The predicted octanol–water partition coefficient (Wildman–Crippen LogP) is 1.91. The molecule has 0 radical (unpaired) electrons. The summed E-state index contributed by atoms with van der Waals surface area (Å²) in [6.07, 6.45) is 1.44. The Morgan fingerprint density at radius 3 is 2.53 bits per heavy atom. The highest BCUT2D eigenvalue weighted by atomic mass is 32.2. The number of aromatic nitrogens is 2. The monoisotopic (exact) mass is 467 g/mol. The van der Waals surface area contributed by atoms with Gasteiger partial charge in [-0.3, -0.25) is 9.48 Å². The third-order valence-electron chi connectivity index (χ3n) is 6.12. The van der Waals surface area contributed by atoms with Crippen LogP contribution < -0.4 is 0 Å². The minimum absolute atomic E-state index is 0.0622. The number of ether oxygens (including phenoxy) is 2. The van der Waals surface area contributed by atoms with Crippen molar-refractivity contribution in [3.05, 3.63) is 29.1 Å². The lowest BCUT2D eigenvalue weighted by Gasteiger charge is -2.35. The normalized spacial score (nSPS) is 17.8. The number of hydrogen-bond acceptors (Lipinski definition) is 7. The maximum absolute atomic E-state index is 13.6. The first-order valence-electron chi connectivity index (χ1n) is 10.9. The summed E-state index contributed by atoms with van der Waals surface area (Å²) in [5.74, 6) is -0.863. The van der Waals surface area contributed by atoms with Gasteiger partial charge in [0.05, 0.1) is 29.3 Å². The van der Waals surface area contributed by atoms with E-state index in [4.69, 9.17) is 9.47 Å². The quantitative estimate of drug-likeness (QED) is 0.382. The Morgan fingerprint density at radius 1 is 1.31 bits per heavy atom. The van der Waals surface area contributed by atoms with Crippen molar-refractivity contribution in [2.75, 3.05) is 32.9 Å². The van der Waals surface area contributed by atoms with Crippen molar-refractivity contribution >= 4 is 21.7 Å². The molecule has 2 heterocycles. The van der Waals surface area contributed by atoms with Crippen molar-refractivity contribution in [1.82, 2.24) is 14.7 Å². The van der Waals surface area contributed by atoms with Crippen LogP contribution in [0.25, 0.3) is 0 Å². The topological polar surface area (TPSA) is 108 Å². The Balaban J connectivity index is 1.79. The van der Waals surface area contributed by atoms with Gasteiger partial charge in [-0.2, -0.15) is 5.10 Å². The second-order valence-electron chi connectivity index (χ2n) is 9.39. The third kappa shape index (κ3) is 4.22. The number of aryl methyl sites for hydroxylation is 1. The summed E-state index contributed by atoms with van der Waals surface area (Å²) in [5, 5.41) is 4.20. The Bertz CT molecular complexity index is 1040. The molecule has 3 rings (SSSR count). The first kappa shape index (κ1) is 24.4. The average molecular weight is 468 g/mol. The second-order valence-corrected chi connectivity index (χ2v) is 12.4. The number of esters is 1. The third-order valence-corrected chi connectivity index (χ3v) is 9.37. The molecule has 0 N–H and O–H groups in total. The zero-order valence-electron chi connectivity index (χ0n) is 19.6. The van der Waals surface area contributed by atoms with Crippen molar-refractivity contribution in [3.63, 3.8) is 0 Å². The van der Waals surface area contributed by atoms with Gasteiger partial charge in [-0.05, 0) is 47.0 Å². The van der Waals surface area contributed by atoms with Crippen molar-refractivity contribution < 1.29 is 27.5 Å². The van der Waals surface area contributed by atoms with Crippen molar-refractivity contribution in [3.8, 4) is 0 Å². The van der Waals surface area contributed by atoms with Crippen LogP contribution in [0.15, 0.2) is 12.2 Å². The first-order valence-corrected chi connectivity index (χ1v) is 12.3. The fourth-order valence-corrected chi connectivity index (χ4v) is 6.59. The molecule has 0 bridgehead atoms. The van der Waals surface area contributed by atoms with Crippen LogP contribution >= 0.6 is 0 Å². The summed E-state index contributed by atoms with van der Waals surface area (Å²) in [6, 6.07) is 0. The Morgan fingerprint density at radius 2 is 1.97 bits per heavy atom. The van der Waals surface area contributed by atoms with Gasteiger partial charge in [0, 0.05) is 25.7 Å². The zero-order chi connectivity index (χ0) is 23.9. The Labute approximate surface area is 189 Å². The molecule has 10 heteroatoms. The van der Waals surface area contributed by atoms with E-state index in [0.717, 1.165) is 5.57 Å². The number of carbonyl (C=O) groups is 2. The highest BCUT2D eigenvalue weighted by molar-refractivity contribution is 7.94. The Kier molecular flexibility index (Phi) is 6.59. The lowest BCUT2D eigenvalue weighted by molar-refractivity contribution is 0.0517. The Hall–Kier alpha value is -2.20. The molecule has 178 valence electrons. The average Bonchev–Trinajstić information content (AvgIpc) is 3.40. The lowest BCUT2D eigenvalue weighted by Crippen LogP contribution is -2.51. The number of sulfone groups is 1. The summed E-state index contributed by atoms with van der Waals surface area (Å²) >= 11 is 0. The summed E-state index contributed by atoms with van der Waals surface area (Å²) in [4.78, 5) is 27.0. The molecular formula is C22H33N3O6S. The molecule has 0 saturated heterocycles. The van der Waals surface area contributed by atoms with Crippen molar-refractivity contribution in [2.24, 2.45) is 7.05 Å². The minimum Gasteiger partial charge on any atom is -0.461 e. The highest BCUT2D eigenvalue weighted by Crippen LogP contribution is 2.49. The lowest BCUT2D eigenvalue weighted by atomic mass is 10.0. The zero-order valence-corrected chi connectivity index (χ0v) is 20.4. The fraction of sp³-hybridized carbons (Fsp3) is 0.682. The van der Waals surface area contributed by atoms with Gasteiger partial charge in [0.1, 0.15) is 5.69 Å². The summed E-state index contributed by atoms with van der Waals surface area (Å²) in [5.41, 5.74) is 1.86. The molecule has 1 aliphatic carbocycles. The van der Waals surface area contributed by atoms with E-state index in [1.54, 1.807) is 32.7 Å². The number of carbonyl (C=O) groups excluding carboxylic acids is 2. The van der Waals surface area contributed by atoms with E-state index >= 15 is 0 Å². The first-order chi connectivity index (χ1) is 14.9. The van der Waals surface area contributed by atoms with Gasteiger partial charge in [-0.15, -0.1) is 0 Å². The second kappa shape index (κ2) is 8.62. The van der Waals surface area contributed by atoms with Crippen LogP contribution in [-0.4, -0.2) is 77.4 Å². The van der Waals surface area contributed by atoms with Crippen molar-refractivity contribution in [1.29, 1.82) is 0 Å². The molecule has 1 amide bonds. The van der Waals surface area contributed by atoms with Crippen LogP contribution in [0.4, 0.5) is 0 Å². The van der Waals surface area contributed by atoms with Gasteiger partial charge < -0.3 is 14.4 Å². The molecule has 0 spiro atoms. The van der Waals surface area contributed by atoms with Gasteiger partial charge >= 0.3 is 5.97 Å². The largest absolute Gasteiger partial charge is 0.461 e. The molecule has 1 fully saturated rings. The molecular weight excluding hydrogens is 434 g/mol. The van der Waals surface area contributed by atoms with E-state index in [9.17, 15) is 18.0 Å². The molecule has 1 saturated carbocycles. The van der Waals surface area contributed by atoms with Gasteiger partial charge in [-0.25, -0.2) is 13.2 Å². The van der Waals surface area contributed by atoms with Crippen LogP contribution in [0.5, 0.6) is 0 Å². The SMILES string of the molecule is C=C(C)COCC(C)(C)S(=O)(=O)C1(CN2CCc3c(C(=O)OCC)nn(C)c3C2=O)CC1. The number of nitrogens with zero attached hydrogens (tertiary/aromatic N) is 3. The molecule has 9 nitrogen and oxygen atoms in total. The number of fused-ring (bicyclic) bond motifs is 1. The molecule has 0 aromatic carbocycles. The van der Waals surface area contributed by atoms with Gasteiger partial charge in [0.15, 0.2) is 15.5 Å². The number of amides is 1. The number of hydrogen-bond donors (Lipinski definition) is 0. The number of rotatable bonds is 10. The van der Waals surface area contributed by atoms with Crippen LogP contribution in [-0.2, 0) is 32.8 Å². The summed E-state index contributed by atoms with van der Waals surface area (Å²) < 4.78 is 37.1. The van der Waals surface area contributed by atoms with Crippen LogP contribution in [0, 0.1) is 0 Å². The molecule has 0 atom stereocenters. The molecule has 1 aromatic heterocycles. The van der Waals surface area contributed by atoms with Crippen LogP contribution in [0.2, 0.25) is 0 Å². The van der Waals surface area contributed by atoms with Gasteiger partial charge in [-0.1, -0.05) is 12.2 Å². The predicted molar refractivity (Wildman–Crippen MR) is 119 cm³/mol. The van der Waals surface area contributed by atoms with Gasteiger partial charge in [0.2, 0.25) is 0 Å². The van der Waals surface area contributed by atoms with Crippen LogP contribution in [0.1, 0.15) is 67.1 Å². The maximum Gasteiger partial charge on any atom is 0.359 e. The summed E-state index contributed by atoms with van der Waals surface area (Å²) in [7, 11) is -1.99. The fourth-order valence-electron chi connectivity index (χ4n) is 4.22. The standard InChI is InChI=1S/C22H33N3O6S/c1-7-31-20(27)17-16-8-11-25(19(26)18(16)24(6)23-17)13-22(9-10-22)32(28,29)21(4,5)14-30-12-15(2)3/h2,7-14H2,1,3-6H3. The van der Waals surface area contributed by atoms with E-state index in [2.05, 4.69) is 11.7 Å².